The number of imidazole rings is 1. The van der Waals surface area contributed by atoms with Gasteiger partial charge in [0.1, 0.15) is 5.82 Å². The number of hydrogen-bond acceptors (Lipinski definition) is 3. The van der Waals surface area contributed by atoms with E-state index in [4.69, 9.17) is 0 Å². The molecule has 1 heterocycles. The Morgan fingerprint density at radius 2 is 2.11 bits per heavy atom. The third-order valence-corrected chi connectivity index (χ3v) is 4.07. The normalized spacial score (nSPS) is 12.4. The summed E-state index contributed by atoms with van der Waals surface area (Å²) in [6.07, 6.45) is 0. The summed E-state index contributed by atoms with van der Waals surface area (Å²) < 4.78 is 26.8. The van der Waals surface area contributed by atoms with Crippen molar-refractivity contribution in [2.75, 3.05) is 14.1 Å². The van der Waals surface area contributed by atoms with Crippen molar-refractivity contribution in [3.8, 4) is 0 Å². The van der Waals surface area contributed by atoms with Gasteiger partial charge in [-0.15, -0.1) is 0 Å². The molecule has 7 heteroatoms. The van der Waals surface area contributed by atoms with Crippen LogP contribution in [-0.4, -0.2) is 36.8 Å². The second-order valence-electron chi connectivity index (χ2n) is 4.28. The minimum atomic E-state index is -3.39. The Morgan fingerprint density at radius 1 is 1.39 bits per heavy atom. The number of aryl methyl sites for hydroxylation is 1. The molecule has 2 aromatic rings. The van der Waals surface area contributed by atoms with Gasteiger partial charge in [-0.25, -0.2) is 4.98 Å². The van der Waals surface area contributed by atoms with Crippen molar-refractivity contribution in [3.05, 3.63) is 29.6 Å². The first-order chi connectivity index (χ1) is 8.38. The summed E-state index contributed by atoms with van der Waals surface area (Å²) in [6.45, 7) is 2.14. The summed E-state index contributed by atoms with van der Waals surface area (Å²) in [5.74, 6) is 0.844. The third-order valence-electron chi connectivity index (χ3n) is 2.60. The standard InChI is InChI=1S/C11H16N4O2S/c1-8-13-10-5-4-9(6-11(10)14-8)7-12-18(16,17)15(2)3/h4-6,12H,7H2,1-3H3,(H,13,14). The van der Waals surface area contributed by atoms with Gasteiger partial charge in [-0.3, -0.25) is 0 Å². The van der Waals surface area contributed by atoms with Crippen molar-refractivity contribution in [3.63, 3.8) is 0 Å². The van der Waals surface area contributed by atoms with Crippen molar-refractivity contribution in [1.82, 2.24) is 19.0 Å². The van der Waals surface area contributed by atoms with Crippen molar-refractivity contribution < 1.29 is 8.42 Å². The van der Waals surface area contributed by atoms with Crippen LogP contribution in [0, 0.1) is 6.92 Å². The molecule has 0 aliphatic heterocycles. The molecule has 0 bridgehead atoms. The van der Waals surface area contributed by atoms with E-state index >= 15 is 0 Å². The molecule has 0 saturated heterocycles. The molecule has 0 unspecified atom stereocenters. The zero-order valence-corrected chi connectivity index (χ0v) is 11.4. The molecule has 6 nitrogen and oxygen atoms in total. The van der Waals surface area contributed by atoms with Crippen LogP contribution in [0.4, 0.5) is 0 Å². The Bertz CT molecular complexity index is 661. The van der Waals surface area contributed by atoms with Crippen LogP contribution < -0.4 is 4.72 Å². The highest BCUT2D eigenvalue weighted by molar-refractivity contribution is 7.87. The average molecular weight is 268 g/mol. The molecule has 1 aromatic heterocycles. The number of aromatic amines is 1. The predicted octanol–water partition coefficient (Wildman–Crippen LogP) is 0.767. The number of fused-ring (bicyclic) bond motifs is 1. The van der Waals surface area contributed by atoms with Crippen LogP contribution in [0.15, 0.2) is 18.2 Å². The quantitative estimate of drug-likeness (QED) is 0.859. The molecule has 0 fully saturated rings. The Hall–Kier alpha value is -1.44. The zero-order valence-electron chi connectivity index (χ0n) is 10.6. The number of aromatic nitrogens is 2. The van der Waals surface area contributed by atoms with E-state index in [0.717, 1.165) is 26.7 Å². The number of hydrogen-bond donors (Lipinski definition) is 2. The third kappa shape index (κ3) is 2.69. The number of H-pyrrole nitrogens is 1. The van der Waals surface area contributed by atoms with Gasteiger partial charge in [-0.05, 0) is 24.6 Å². The molecule has 0 amide bonds. The number of nitrogens with zero attached hydrogens (tertiary/aromatic N) is 2. The Morgan fingerprint density at radius 3 is 2.78 bits per heavy atom. The smallest absolute Gasteiger partial charge is 0.279 e. The van der Waals surface area contributed by atoms with Gasteiger partial charge in [-0.1, -0.05) is 6.07 Å². The largest absolute Gasteiger partial charge is 0.342 e. The SMILES string of the molecule is Cc1nc2ccc(CNS(=O)(=O)N(C)C)cc2[nH]1. The topological polar surface area (TPSA) is 78.1 Å². The van der Waals surface area contributed by atoms with Gasteiger partial charge in [0.25, 0.3) is 10.2 Å². The lowest BCUT2D eigenvalue weighted by molar-refractivity contribution is 0.505. The first kappa shape index (κ1) is 13.0. The van der Waals surface area contributed by atoms with Gasteiger partial charge in [-0.2, -0.15) is 17.4 Å². The van der Waals surface area contributed by atoms with Crippen LogP contribution in [0.3, 0.4) is 0 Å². The fourth-order valence-corrected chi connectivity index (χ4v) is 2.21. The molecule has 0 radical (unpaired) electrons. The van der Waals surface area contributed by atoms with Crippen LogP contribution in [0.1, 0.15) is 11.4 Å². The minimum Gasteiger partial charge on any atom is -0.342 e. The highest BCUT2D eigenvalue weighted by atomic mass is 32.2. The first-order valence-electron chi connectivity index (χ1n) is 5.51. The molecule has 0 spiro atoms. The van der Waals surface area contributed by atoms with Crippen molar-refractivity contribution >= 4 is 21.2 Å². The van der Waals surface area contributed by atoms with Crippen LogP contribution in [0.25, 0.3) is 11.0 Å². The maximum absolute atomic E-state index is 11.6. The molecule has 0 saturated carbocycles. The van der Waals surface area contributed by atoms with Gasteiger partial charge < -0.3 is 4.98 Å². The lowest BCUT2D eigenvalue weighted by Gasteiger charge is -2.12. The van der Waals surface area contributed by atoms with Gasteiger partial charge in [0.2, 0.25) is 0 Å². The zero-order chi connectivity index (χ0) is 13.3. The first-order valence-corrected chi connectivity index (χ1v) is 6.95. The highest BCUT2D eigenvalue weighted by Crippen LogP contribution is 2.13. The van der Waals surface area contributed by atoms with Gasteiger partial charge in [0, 0.05) is 20.6 Å². The van der Waals surface area contributed by atoms with E-state index in [1.54, 1.807) is 0 Å². The molecule has 2 N–H and O–H groups in total. The van der Waals surface area contributed by atoms with Crippen molar-refractivity contribution in [2.45, 2.75) is 13.5 Å². The fraction of sp³-hybridized carbons (Fsp3) is 0.364. The number of nitrogens with one attached hydrogen (secondary N) is 2. The fourth-order valence-electron chi connectivity index (χ4n) is 1.60. The van der Waals surface area contributed by atoms with E-state index in [-0.39, 0.29) is 6.54 Å². The molecular formula is C11H16N4O2S. The van der Waals surface area contributed by atoms with Gasteiger partial charge in [0.05, 0.1) is 11.0 Å². The van der Waals surface area contributed by atoms with Crippen molar-refractivity contribution in [1.29, 1.82) is 0 Å². The molecular weight excluding hydrogens is 252 g/mol. The molecule has 0 aliphatic carbocycles. The summed E-state index contributed by atoms with van der Waals surface area (Å²) >= 11 is 0. The van der Waals surface area contributed by atoms with E-state index in [9.17, 15) is 8.42 Å². The lowest BCUT2D eigenvalue weighted by atomic mass is 10.2. The average Bonchev–Trinajstić information content (AvgIpc) is 2.65. The van der Waals surface area contributed by atoms with Crippen molar-refractivity contribution in [2.24, 2.45) is 0 Å². The molecule has 0 aliphatic rings. The lowest BCUT2D eigenvalue weighted by Crippen LogP contribution is -2.35. The molecule has 2 rings (SSSR count). The Kier molecular flexibility index (Phi) is 3.38. The maximum Gasteiger partial charge on any atom is 0.279 e. The second kappa shape index (κ2) is 4.68. The van der Waals surface area contributed by atoms with E-state index in [2.05, 4.69) is 14.7 Å². The predicted molar refractivity (Wildman–Crippen MR) is 70.3 cm³/mol. The molecule has 1 aromatic carbocycles. The van der Waals surface area contributed by atoms with E-state index in [0.29, 0.717) is 0 Å². The minimum absolute atomic E-state index is 0.258. The molecule has 0 atom stereocenters. The van der Waals surface area contributed by atoms with Crippen LogP contribution >= 0.6 is 0 Å². The number of benzene rings is 1. The summed E-state index contributed by atoms with van der Waals surface area (Å²) in [5, 5.41) is 0. The van der Waals surface area contributed by atoms with Crippen LogP contribution in [-0.2, 0) is 16.8 Å². The monoisotopic (exact) mass is 268 g/mol. The van der Waals surface area contributed by atoms with Crippen LogP contribution in [0.2, 0.25) is 0 Å². The van der Waals surface area contributed by atoms with E-state index in [1.807, 2.05) is 25.1 Å². The van der Waals surface area contributed by atoms with Gasteiger partial charge >= 0.3 is 0 Å². The Labute approximate surface area is 106 Å². The summed E-state index contributed by atoms with van der Waals surface area (Å²) in [7, 11) is -0.407. The Balaban J connectivity index is 2.17. The van der Waals surface area contributed by atoms with Gasteiger partial charge in [0.15, 0.2) is 0 Å². The highest BCUT2D eigenvalue weighted by Gasteiger charge is 2.12. The molecule has 98 valence electrons. The maximum atomic E-state index is 11.6. The van der Waals surface area contributed by atoms with E-state index in [1.165, 1.54) is 14.1 Å². The number of rotatable bonds is 4. The summed E-state index contributed by atoms with van der Waals surface area (Å²) in [5.41, 5.74) is 2.68. The summed E-state index contributed by atoms with van der Waals surface area (Å²) in [4.78, 5) is 7.41. The summed E-state index contributed by atoms with van der Waals surface area (Å²) in [6, 6.07) is 5.63. The second-order valence-corrected chi connectivity index (χ2v) is 6.25. The van der Waals surface area contributed by atoms with E-state index < -0.39 is 10.2 Å². The van der Waals surface area contributed by atoms with Crippen LogP contribution in [0.5, 0.6) is 0 Å². The molecule has 18 heavy (non-hydrogen) atoms.